The van der Waals surface area contributed by atoms with Gasteiger partial charge in [-0.1, -0.05) is 15.9 Å². The van der Waals surface area contributed by atoms with E-state index in [0.29, 0.717) is 12.4 Å². The van der Waals surface area contributed by atoms with Crippen LogP contribution in [-0.2, 0) is 4.74 Å². The Hall–Kier alpha value is -1.27. The molecule has 1 aromatic rings. The summed E-state index contributed by atoms with van der Waals surface area (Å²) in [5.74, 6) is 0.707. The normalized spacial score (nSPS) is 21.4. The molecule has 19 heavy (non-hydrogen) atoms. The highest BCUT2D eigenvalue weighted by Gasteiger charge is 2.44. The molecule has 1 unspecified atom stereocenters. The van der Waals surface area contributed by atoms with Crippen molar-refractivity contribution in [1.29, 1.82) is 0 Å². The average molecular weight is 330 g/mol. The van der Waals surface area contributed by atoms with Crippen LogP contribution in [0.4, 0.5) is 4.79 Å². The summed E-state index contributed by atoms with van der Waals surface area (Å²) in [4.78, 5) is 12.6. The van der Waals surface area contributed by atoms with Crippen molar-refractivity contribution in [2.45, 2.75) is 25.6 Å². The highest BCUT2D eigenvalue weighted by Crippen LogP contribution is 2.28. The Labute approximate surface area is 120 Å². The molecule has 1 atom stereocenters. The quantitative estimate of drug-likeness (QED) is 0.926. The molecule has 6 heteroatoms. The number of benzene rings is 1. The lowest BCUT2D eigenvalue weighted by atomic mass is 10.2. The minimum Gasteiger partial charge on any atom is -0.491 e. The van der Waals surface area contributed by atoms with E-state index in [2.05, 4.69) is 15.9 Å². The summed E-state index contributed by atoms with van der Waals surface area (Å²) < 4.78 is 12.1. The Balaban J connectivity index is 1.99. The standard InChI is InChI=1S/C13H16BrNO4/c1-13(2)15(12(16)17)10(8-19-13)7-18-11-5-3-9(14)4-6-11/h3-6,10H,7-8H2,1-2H3,(H,16,17). The van der Waals surface area contributed by atoms with Crippen LogP contribution in [0.1, 0.15) is 13.8 Å². The highest BCUT2D eigenvalue weighted by atomic mass is 79.9. The molecule has 0 saturated carbocycles. The zero-order valence-electron chi connectivity index (χ0n) is 10.8. The zero-order valence-corrected chi connectivity index (χ0v) is 12.4. The van der Waals surface area contributed by atoms with Crippen molar-refractivity contribution in [3.8, 4) is 5.75 Å². The van der Waals surface area contributed by atoms with Crippen molar-refractivity contribution in [2.75, 3.05) is 13.2 Å². The number of rotatable bonds is 3. The van der Waals surface area contributed by atoms with E-state index in [4.69, 9.17) is 9.47 Å². The van der Waals surface area contributed by atoms with Gasteiger partial charge in [-0.15, -0.1) is 0 Å². The number of hydrogen-bond acceptors (Lipinski definition) is 3. The Kier molecular flexibility index (Phi) is 4.01. The van der Waals surface area contributed by atoms with E-state index in [0.717, 1.165) is 4.47 Å². The number of ether oxygens (including phenoxy) is 2. The van der Waals surface area contributed by atoms with Crippen molar-refractivity contribution >= 4 is 22.0 Å². The smallest absolute Gasteiger partial charge is 0.410 e. The molecule has 1 aromatic carbocycles. The topological polar surface area (TPSA) is 59.0 Å². The van der Waals surface area contributed by atoms with E-state index in [9.17, 15) is 9.90 Å². The van der Waals surface area contributed by atoms with E-state index in [1.165, 1.54) is 4.90 Å². The van der Waals surface area contributed by atoms with Crippen LogP contribution in [0.2, 0.25) is 0 Å². The fourth-order valence-corrected chi connectivity index (χ4v) is 2.38. The molecule has 0 spiro atoms. The minimum atomic E-state index is -0.994. The number of carbonyl (C=O) groups is 1. The summed E-state index contributed by atoms with van der Waals surface area (Å²) in [7, 11) is 0. The Bertz CT molecular complexity index is 460. The highest BCUT2D eigenvalue weighted by molar-refractivity contribution is 9.10. The molecule has 0 aliphatic carbocycles. The first kappa shape index (κ1) is 14.1. The van der Waals surface area contributed by atoms with Gasteiger partial charge in [-0.05, 0) is 38.1 Å². The molecular formula is C13H16BrNO4. The van der Waals surface area contributed by atoms with Crippen LogP contribution in [0, 0.1) is 0 Å². The Morgan fingerprint density at radius 2 is 2.16 bits per heavy atom. The molecule has 5 nitrogen and oxygen atoms in total. The molecule has 1 fully saturated rings. The molecule has 0 aromatic heterocycles. The van der Waals surface area contributed by atoms with Gasteiger partial charge in [0.05, 0.1) is 12.6 Å². The summed E-state index contributed by atoms with van der Waals surface area (Å²) >= 11 is 3.34. The Morgan fingerprint density at radius 3 is 2.74 bits per heavy atom. The lowest BCUT2D eigenvalue weighted by Gasteiger charge is -2.30. The van der Waals surface area contributed by atoms with Crippen LogP contribution in [-0.4, -0.2) is 41.1 Å². The van der Waals surface area contributed by atoms with Crippen LogP contribution >= 0.6 is 15.9 Å². The first-order valence-corrected chi connectivity index (χ1v) is 6.74. The van der Waals surface area contributed by atoms with Gasteiger partial charge in [-0.2, -0.15) is 0 Å². The van der Waals surface area contributed by atoms with E-state index in [-0.39, 0.29) is 12.6 Å². The van der Waals surface area contributed by atoms with Crippen LogP contribution in [0.25, 0.3) is 0 Å². The van der Waals surface area contributed by atoms with Gasteiger partial charge in [-0.25, -0.2) is 4.79 Å². The fraction of sp³-hybridized carbons (Fsp3) is 0.462. The van der Waals surface area contributed by atoms with Gasteiger partial charge in [0.25, 0.3) is 0 Å². The molecule has 0 radical (unpaired) electrons. The van der Waals surface area contributed by atoms with Gasteiger partial charge in [0, 0.05) is 4.47 Å². The number of amides is 1. The maximum Gasteiger partial charge on any atom is 0.410 e. The van der Waals surface area contributed by atoms with Gasteiger partial charge >= 0.3 is 6.09 Å². The molecule has 0 bridgehead atoms. The third kappa shape index (κ3) is 3.19. The fourth-order valence-electron chi connectivity index (χ4n) is 2.12. The first-order chi connectivity index (χ1) is 8.90. The van der Waals surface area contributed by atoms with Crippen LogP contribution in [0.3, 0.4) is 0 Å². The van der Waals surface area contributed by atoms with Gasteiger partial charge in [-0.3, -0.25) is 4.90 Å². The van der Waals surface area contributed by atoms with Crippen LogP contribution in [0.15, 0.2) is 28.7 Å². The molecule has 2 rings (SSSR count). The van der Waals surface area contributed by atoms with Crippen molar-refractivity contribution in [1.82, 2.24) is 4.90 Å². The van der Waals surface area contributed by atoms with Gasteiger partial charge in [0.2, 0.25) is 0 Å². The molecule has 1 N–H and O–H groups in total. The van der Waals surface area contributed by atoms with E-state index in [1.807, 2.05) is 24.3 Å². The SMILES string of the molecule is CC1(C)OCC(COc2ccc(Br)cc2)N1C(=O)O. The molecular weight excluding hydrogens is 314 g/mol. The Morgan fingerprint density at radius 1 is 1.53 bits per heavy atom. The molecule has 1 heterocycles. The number of carboxylic acid groups (broad SMARTS) is 1. The first-order valence-electron chi connectivity index (χ1n) is 5.95. The molecule has 1 aliphatic rings. The lowest BCUT2D eigenvalue weighted by Crippen LogP contribution is -2.49. The molecule has 1 aliphatic heterocycles. The van der Waals surface area contributed by atoms with Gasteiger partial charge in [0.15, 0.2) is 0 Å². The van der Waals surface area contributed by atoms with Crippen LogP contribution in [0.5, 0.6) is 5.75 Å². The van der Waals surface area contributed by atoms with Gasteiger partial charge < -0.3 is 14.6 Å². The maximum absolute atomic E-state index is 11.3. The lowest BCUT2D eigenvalue weighted by molar-refractivity contribution is -0.0430. The summed E-state index contributed by atoms with van der Waals surface area (Å²) in [6, 6.07) is 7.11. The predicted octanol–water partition coefficient (Wildman–Crippen LogP) is 2.94. The largest absolute Gasteiger partial charge is 0.491 e. The second kappa shape index (κ2) is 5.38. The van der Waals surface area contributed by atoms with E-state index in [1.54, 1.807) is 13.8 Å². The second-order valence-corrected chi connectivity index (χ2v) is 5.74. The molecule has 104 valence electrons. The van der Waals surface area contributed by atoms with Crippen molar-refractivity contribution in [2.24, 2.45) is 0 Å². The summed E-state index contributed by atoms with van der Waals surface area (Å²) in [6.07, 6.45) is -0.994. The molecule has 1 saturated heterocycles. The summed E-state index contributed by atoms with van der Waals surface area (Å²) in [5.41, 5.74) is -0.806. The second-order valence-electron chi connectivity index (χ2n) is 4.83. The van der Waals surface area contributed by atoms with E-state index < -0.39 is 11.8 Å². The maximum atomic E-state index is 11.3. The third-order valence-corrected chi connectivity index (χ3v) is 3.57. The number of hydrogen-bond donors (Lipinski definition) is 1. The summed E-state index contributed by atoms with van der Waals surface area (Å²) in [5, 5.41) is 9.24. The number of nitrogens with zero attached hydrogens (tertiary/aromatic N) is 1. The van der Waals surface area contributed by atoms with Crippen LogP contribution < -0.4 is 4.74 Å². The van der Waals surface area contributed by atoms with E-state index >= 15 is 0 Å². The van der Waals surface area contributed by atoms with Crippen molar-refractivity contribution < 1.29 is 19.4 Å². The zero-order chi connectivity index (χ0) is 14.0. The summed E-state index contributed by atoms with van der Waals surface area (Å²) in [6.45, 7) is 4.09. The molecule has 1 amide bonds. The van der Waals surface area contributed by atoms with Crippen molar-refractivity contribution in [3.63, 3.8) is 0 Å². The predicted molar refractivity (Wildman–Crippen MR) is 73.3 cm³/mol. The third-order valence-electron chi connectivity index (χ3n) is 3.04. The van der Waals surface area contributed by atoms with Crippen molar-refractivity contribution in [3.05, 3.63) is 28.7 Å². The van der Waals surface area contributed by atoms with Gasteiger partial charge in [0.1, 0.15) is 18.1 Å². The average Bonchev–Trinajstić information content (AvgIpc) is 2.64. The number of halogens is 1. The minimum absolute atomic E-state index is 0.275. The monoisotopic (exact) mass is 329 g/mol.